The van der Waals surface area contributed by atoms with Crippen LogP contribution in [0, 0.1) is 20.8 Å². The van der Waals surface area contributed by atoms with Crippen LogP contribution in [0.1, 0.15) is 27.6 Å². The molecule has 2 aromatic heterocycles. The summed E-state index contributed by atoms with van der Waals surface area (Å²) in [5.41, 5.74) is 5.38. The molecule has 2 aromatic carbocycles. The van der Waals surface area contributed by atoms with Crippen LogP contribution in [-0.2, 0) is 11.3 Å². The standard InChI is InChI=1S/C26H28N6O3/c1-17-14-18(2)32(29-17)16-25(33)31-12-10-30(11-13-31)23-7-5-4-6-21(23)26(34)28-20-8-9-24-22(15-20)27-19(3)35-24/h4-9,14-15H,10-13,16H2,1-3H3,(H,28,34). The van der Waals surface area contributed by atoms with Crippen LogP contribution in [-0.4, -0.2) is 57.7 Å². The van der Waals surface area contributed by atoms with E-state index in [0.29, 0.717) is 54.4 Å². The second-order valence-corrected chi connectivity index (χ2v) is 8.84. The maximum Gasteiger partial charge on any atom is 0.257 e. The highest BCUT2D eigenvalue weighted by atomic mass is 16.3. The Bertz CT molecular complexity index is 1400. The second kappa shape index (κ2) is 9.25. The van der Waals surface area contributed by atoms with E-state index in [0.717, 1.165) is 17.1 Å². The van der Waals surface area contributed by atoms with Crippen molar-refractivity contribution in [3.05, 3.63) is 71.4 Å². The van der Waals surface area contributed by atoms with Crippen molar-refractivity contribution in [2.75, 3.05) is 36.4 Å². The number of piperazine rings is 1. The molecule has 1 N–H and O–H groups in total. The Labute approximate surface area is 203 Å². The molecule has 0 unspecified atom stereocenters. The Balaban J connectivity index is 1.25. The Kier molecular flexibility index (Phi) is 5.98. The molecule has 0 radical (unpaired) electrons. The minimum absolute atomic E-state index is 0.0559. The SMILES string of the molecule is Cc1cc(C)n(CC(=O)N2CCN(c3ccccc3C(=O)Nc3ccc4oc(C)nc4c3)CC2)n1. The summed E-state index contributed by atoms with van der Waals surface area (Å²) in [6.45, 7) is 8.41. The number of aryl methyl sites for hydroxylation is 3. The molecule has 0 aliphatic carbocycles. The number of hydrogen-bond acceptors (Lipinski definition) is 6. The second-order valence-electron chi connectivity index (χ2n) is 8.84. The first-order valence-electron chi connectivity index (χ1n) is 11.7. The summed E-state index contributed by atoms with van der Waals surface area (Å²) in [5.74, 6) is 0.449. The molecule has 35 heavy (non-hydrogen) atoms. The number of amides is 2. The van der Waals surface area contributed by atoms with Gasteiger partial charge in [0.05, 0.1) is 11.3 Å². The lowest BCUT2D eigenvalue weighted by Crippen LogP contribution is -2.50. The zero-order valence-electron chi connectivity index (χ0n) is 20.1. The van der Waals surface area contributed by atoms with Crippen LogP contribution in [0.3, 0.4) is 0 Å². The number of aromatic nitrogens is 3. The molecule has 9 nitrogen and oxygen atoms in total. The lowest BCUT2D eigenvalue weighted by molar-refractivity contribution is -0.132. The summed E-state index contributed by atoms with van der Waals surface area (Å²) in [4.78, 5) is 34.3. The fourth-order valence-electron chi connectivity index (χ4n) is 4.52. The van der Waals surface area contributed by atoms with Crippen LogP contribution < -0.4 is 10.2 Å². The number of nitrogens with one attached hydrogen (secondary N) is 1. The molecule has 1 aliphatic heterocycles. The summed E-state index contributed by atoms with van der Waals surface area (Å²) in [6, 6.07) is 14.9. The van der Waals surface area contributed by atoms with Crippen molar-refractivity contribution in [3.8, 4) is 0 Å². The lowest BCUT2D eigenvalue weighted by atomic mass is 10.1. The Morgan fingerprint density at radius 1 is 1.00 bits per heavy atom. The molecule has 5 rings (SSSR count). The van der Waals surface area contributed by atoms with E-state index in [1.54, 1.807) is 29.8 Å². The van der Waals surface area contributed by atoms with E-state index in [4.69, 9.17) is 4.42 Å². The van der Waals surface area contributed by atoms with Gasteiger partial charge in [0, 0.05) is 50.2 Å². The van der Waals surface area contributed by atoms with E-state index < -0.39 is 0 Å². The van der Waals surface area contributed by atoms with Crippen LogP contribution in [0.5, 0.6) is 0 Å². The predicted octanol–water partition coefficient (Wildman–Crippen LogP) is 3.55. The highest BCUT2D eigenvalue weighted by Gasteiger charge is 2.24. The van der Waals surface area contributed by atoms with Crippen molar-refractivity contribution in [2.24, 2.45) is 0 Å². The molecule has 4 aromatic rings. The van der Waals surface area contributed by atoms with Gasteiger partial charge >= 0.3 is 0 Å². The predicted molar refractivity (Wildman–Crippen MR) is 134 cm³/mol. The number of carbonyl (C=O) groups is 2. The molecule has 3 heterocycles. The van der Waals surface area contributed by atoms with Crippen molar-refractivity contribution < 1.29 is 14.0 Å². The fourth-order valence-corrected chi connectivity index (χ4v) is 4.52. The molecule has 0 bridgehead atoms. The van der Waals surface area contributed by atoms with Gasteiger partial charge < -0.3 is 19.5 Å². The van der Waals surface area contributed by atoms with E-state index in [9.17, 15) is 9.59 Å². The molecule has 0 atom stereocenters. The van der Waals surface area contributed by atoms with Crippen LogP contribution in [0.2, 0.25) is 0 Å². The van der Waals surface area contributed by atoms with Gasteiger partial charge in [0.1, 0.15) is 12.1 Å². The summed E-state index contributed by atoms with van der Waals surface area (Å²) in [7, 11) is 0. The van der Waals surface area contributed by atoms with E-state index in [-0.39, 0.29) is 18.4 Å². The average molecular weight is 473 g/mol. The number of hydrogen-bond donors (Lipinski definition) is 1. The lowest BCUT2D eigenvalue weighted by Gasteiger charge is -2.37. The zero-order valence-corrected chi connectivity index (χ0v) is 20.1. The number of carbonyl (C=O) groups excluding carboxylic acids is 2. The van der Waals surface area contributed by atoms with Crippen LogP contribution in [0.25, 0.3) is 11.1 Å². The van der Waals surface area contributed by atoms with E-state index >= 15 is 0 Å². The molecule has 1 fully saturated rings. The average Bonchev–Trinajstić information content (AvgIpc) is 3.38. The fraction of sp³-hybridized carbons (Fsp3) is 0.308. The molecule has 1 saturated heterocycles. The molecule has 0 spiro atoms. The number of para-hydroxylation sites is 1. The molecule has 9 heteroatoms. The molecular weight excluding hydrogens is 444 g/mol. The highest BCUT2D eigenvalue weighted by Crippen LogP contribution is 2.25. The van der Waals surface area contributed by atoms with Crippen molar-refractivity contribution in [1.29, 1.82) is 0 Å². The van der Waals surface area contributed by atoms with Gasteiger partial charge in [-0.15, -0.1) is 0 Å². The summed E-state index contributed by atoms with van der Waals surface area (Å²) >= 11 is 0. The first kappa shape index (κ1) is 22.6. The Morgan fingerprint density at radius 2 is 1.77 bits per heavy atom. The summed E-state index contributed by atoms with van der Waals surface area (Å²) < 4.78 is 7.26. The molecular formula is C26H28N6O3. The van der Waals surface area contributed by atoms with Crippen LogP contribution in [0.4, 0.5) is 11.4 Å². The van der Waals surface area contributed by atoms with Crippen molar-refractivity contribution in [1.82, 2.24) is 19.7 Å². The van der Waals surface area contributed by atoms with Crippen LogP contribution >= 0.6 is 0 Å². The molecule has 180 valence electrons. The third-order valence-electron chi connectivity index (χ3n) is 6.26. The summed E-state index contributed by atoms with van der Waals surface area (Å²) in [6.07, 6.45) is 0. The maximum absolute atomic E-state index is 13.2. The van der Waals surface area contributed by atoms with Gasteiger partial charge in [-0.3, -0.25) is 14.3 Å². The number of rotatable bonds is 5. The van der Waals surface area contributed by atoms with Gasteiger partial charge in [-0.2, -0.15) is 5.10 Å². The molecule has 0 saturated carbocycles. The zero-order chi connectivity index (χ0) is 24.5. The van der Waals surface area contributed by atoms with Crippen molar-refractivity contribution in [3.63, 3.8) is 0 Å². The minimum Gasteiger partial charge on any atom is -0.441 e. The topological polar surface area (TPSA) is 96.5 Å². The first-order valence-corrected chi connectivity index (χ1v) is 11.7. The highest BCUT2D eigenvalue weighted by molar-refractivity contribution is 6.08. The molecule has 1 aliphatic rings. The van der Waals surface area contributed by atoms with E-state index in [1.807, 2.05) is 49.1 Å². The molecule has 2 amide bonds. The van der Waals surface area contributed by atoms with Crippen LogP contribution in [0.15, 0.2) is 52.9 Å². The monoisotopic (exact) mass is 472 g/mol. The Hall–Kier alpha value is -4.14. The number of benzene rings is 2. The van der Waals surface area contributed by atoms with E-state index in [1.165, 1.54) is 0 Å². The van der Waals surface area contributed by atoms with Gasteiger partial charge in [0.15, 0.2) is 11.5 Å². The Morgan fingerprint density at radius 3 is 2.51 bits per heavy atom. The quantitative estimate of drug-likeness (QED) is 0.477. The third kappa shape index (κ3) is 4.75. The van der Waals surface area contributed by atoms with E-state index in [2.05, 4.69) is 20.3 Å². The van der Waals surface area contributed by atoms with Gasteiger partial charge in [0.2, 0.25) is 5.91 Å². The number of nitrogens with zero attached hydrogens (tertiary/aromatic N) is 5. The van der Waals surface area contributed by atoms with Gasteiger partial charge in [0.25, 0.3) is 5.91 Å². The largest absolute Gasteiger partial charge is 0.441 e. The van der Waals surface area contributed by atoms with Crippen molar-refractivity contribution >= 4 is 34.3 Å². The number of anilines is 2. The third-order valence-corrected chi connectivity index (χ3v) is 6.26. The van der Waals surface area contributed by atoms with Gasteiger partial charge in [-0.1, -0.05) is 12.1 Å². The first-order chi connectivity index (χ1) is 16.9. The number of fused-ring (bicyclic) bond motifs is 1. The van der Waals surface area contributed by atoms with Gasteiger partial charge in [-0.05, 0) is 50.2 Å². The normalized spacial score (nSPS) is 13.9. The van der Waals surface area contributed by atoms with Crippen molar-refractivity contribution in [2.45, 2.75) is 27.3 Å². The smallest absolute Gasteiger partial charge is 0.257 e. The number of oxazole rings is 1. The minimum atomic E-state index is -0.191. The maximum atomic E-state index is 13.2. The van der Waals surface area contributed by atoms with Gasteiger partial charge in [-0.25, -0.2) is 4.98 Å². The summed E-state index contributed by atoms with van der Waals surface area (Å²) in [5, 5.41) is 7.38.